The number of rotatable bonds is 7. The van der Waals surface area contributed by atoms with E-state index in [1.807, 2.05) is 24.3 Å². The Kier molecular flexibility index (Phi) is 7.07. The molecule has 0 amide bonds. The first-order valence-electron chi connectivity index (χ1n) is 10.9. The lowest BCUT2D eigenvalue weighted by Crippen LogP contribution is -2.47. The van der Waals surface area contributed by atoms with Crippen LogP contribution in [-0.4, -0.2) is 56.1 Å². The van der Waals surface area contributed by atoms with Gasteiger partial charge in [-0.1, -0.05) is 24.3 Å². The lowest BCUT2D eigenvalue weighted by molar-refractivity contribution is 0.393. The van der Waals surface area contributed by atoms with E-state index >= 15 is 0 Å². The van der Waals surface area contributed by atoms with Crippen molar-refractivity contribution in [1.82, 2.24) is 4.98 Å². The van der Waals surface area contributed by atoms with Gasteiger partial charge in [0.1, 0.15) is 16.7 Å². The van der Waals surface area contributed by atoms with Crippen LogP contribution in [0.15, 0.2) is 47.9 Å². The van der Waals surface area contributed by atoms with Crippen LogP contribution >= 0.6 is 22.9 Å². The van der Waals surface area contributed by atoms with Crippen LogP contribution < -0.4 is 14.4 Å². The second-order valence-corrected chi connectivity index (χ2v) is 12.6. The van der Waals surface area contributed by atoms with Crippen molar-refractivity contribution >= 4 is 37.9 Å². The van der Waals surface area contributed by atoms with Crippen LogP contribution in [0.4, 0.5) is 5.13 Å². The Balaban J connectivity index is 1.40. The molecule has 1 aromatic carbocycles. The summed E-state index contributed by atoms with van der Waals surface area (Å²) in [7, 11) is -0.110. The van der Waals surface area contributed by atoms with Gasteiger partial charge in [0.05, 0.1) is 30.0 Å². The first-order valence-corrected chi connectivity index (χ1v) is 13.8. The first kappa shape index (κ1) is 24.1. The van der Waals surface area contributed by atoms with Crippen LogP contribution in [-0.2, 0) is 16.3 Å². The number of methoxy groups -OCH3 is 2. The van der Waals surface area contributed by atoms with E-state index < -0.39 is 25.2 Å². The molecule has 1 aromatic heterocycles. The number of allylic oxidation sites excluding steroid dienone is 3. The molecule has 0 bridgehead atoms. The summed E-state index contributed by atoms with van der Waals surface area (Å²) in [5.74, 6) is 1.50. The summed E-state index contributed by atoms with van der Waals surface area (Å²) < 4.78 is 37.3. The number of nitrogens with zero attached hydrogens (tertiary/aromatic N) is 2. The van der Waals surface area contributed by atoms with E-state index in [0.29, 0.717) is 32.4 Å². The van der Waals surface area contributed by atoms with Crippen molar-refractivity contribution in [3.8, 4) is 11.5 Å². The molecule has 1 aliphatic carbocycles. The molecule has 178 valence electrons. The molecule has 2 unspecified atom stereocenters. The van der Waals surface area contributed by atoms with Crippen molar-refractivity contribution in [1.29, 1.82) is 0 Å². The van der Waals surface area contributed by atoms with Crippen LogP contribution in [0.2, 0.25) is 0 Å². The van der Waals surface area contributed by atoms with Crippen LogP contribution in [0.5, 0.6) is 11.5 Å². The van der Waals surface area contributed by atoms with Gasteiger partial charge in [-0.2, -0.15) is 0 Å². The molecule has 0 spiro atoms. The third-order valence-electron chi connectivity index (χ3n) is 6.24. The third kappa shape index (κ3) is 5.23. The molecule has 2 aromatic rings. The lowest BCUT2D eigenvalue weighted by Gasteiger charge is -2.36. The zero-order valence-corrected chi connectivity index (χ0v) is 21.4. The first-order chi connectivity index (χ1) is 15.7. The molecule has 6 nitrogen and oxygen atoms in total. The number of aromatic nitrogens is 1. The van der Waals surface area contributed by atoms with Crippen molar-refractivity contribution in [2.75, 3.05) is 32.2 Å². The second kappa shape index (κ2) is 9.68. The van der Waals surface area contributed by atoms with Crippen molar-refractivity contribution in [3.63, 3.8) is 0 Å². The molecule has 2 aliphatic rings. The summed E-state index contributed by atoms with van der Waals surface area (Å²) in [6.45, 7) is 3.09. The Morgan fingerprint density at radius 1 is 1.15 bits per heavy atom. The maximum absolute atomic E-state index is 13.3. The number of hydrogen-bond acceptors (Lipinski definition) is 7. The fourth-order valence-electron chi connectivity index (χ4n) is 4.41. The monoisotopic (exact) mass is 508 g/mol. The summed E-state index contributed by atoms with van der Waals surface area (Å²) >= 11 is 8.12. The van der Waals surface area contributed by atoms with Gasteiger partial charge in [-0.3, -0.25) is 0 Å². The predicted molar refractivity (Wildman–Crippen MR) is 135 cm³/mol. The Labute approximate surface area is 204 Å². The van der Waals surface area contributed by atoms with E-state index in [9.17, 15) is 8.42 Å². The zero-order chi connectivity index (χ0) is 23.6. The smallest absolute Gasteiger partial charge is 0.185 e. The number of benzene rings is 1. The third-order valence-corrected chi connectivity index (χ3v) is 10.4. The van der Waals surface area contributed by atoms with E-state index in [1.165, 1.54) is 0 Å². The fraction of sp³-hybridized carbons (Fsp3) is 0.458. The molecule has 9 heteroatoms. The standard InChI is InChI=1S/C24H29ClN2O4S2/c1-24(25)9-5-4-6-22(24)33(28,29)21-7-10-27(11-8-21)23-26-18(16-32-23)12-17-13-19(30-2)15-20(14-17)31-3/h4-6,9,13-16,21-22H,7-8,10-12H2,1-3H3. The van der Waals surface area contributed by atoms with Crippen molar-refractivity contribution in [2.45, 2.75) is 41.6 Å². The summed E-state index contributed by atoms with van der Waals surface area (Å²) in [6, 6.07) is 5.81. The molecular formula is C24H29ClN2O4S2. The van der Waals surface area contributed by atoms with Gasteiger partial charge in [0.15, 0.2) is 15.0 Å². The van der Waals surface area contributed by atoms with E-state index in [0.717, 1.165) is 27.9 Å². The highest BCUT2D eigenvalue weighted by Gasteiger charge is 2.44. The Hall–Kier alpha value is -2.03. The molecule has 1 saturated heterocycles. The number of piperidine rings is 1. The van der Waals surface area contributed by atoms with E-state index in [-0.39, 0.29) is 0 Å². The van der Waals surface area contributed by atoms with E-state index in [1.54, 1.807) is 50.7 Å². The van der Waals surface area contributed by atoms with Gasteiger partial charge in [0, 0.05) is 31.0 Å². The molecule has 4 rings (SSSR count). The molecule has 33 heavy (non-hydrogen) atoms. The summed E-state index contributed by atoms with van der Waals surface area (Å²) in [5.41, 5.74) is 2.03. The van der Waals surface area contributed by atoms with E-state index in [4.69, 9.17) is 26.1 Å². The van der Waals surface area contributed by atoms with Crippen LogP contribution in [0, 0.1) is 0 Å². The largest absolute Gasteiger partial charge is 0.497 e. The Morgan fingerprint density at radius 3 is 2.42 bits per heavy atom. The van der Waals surface area contributed by atoms with Crippen LogP contribution in [0.1, 0.15) is 31.0 Å². The van der Waals surface area contributed by atoms with Gasteiger partial charge in [-0.25, -0.2) is 13.4 Å². The topological polar surface area (TPSA) is 68.7 Å². The molecule has 1 fully saturated rings. The number of ether oxygens (including phenoxy) is 2. The van der Waals surface area contributed by atoms with Crippen molar-refractivity contribution < 1.29 is 17.9 Å². The summed E-state index contributed by atoms with van der Waals surface area (Å²) in [4.78, 5) is 6.09. The molecule has 0 saturated carbocycles. The minimum Gasteiger partial charge on any atom is -0.497 e. The molecular weight excluding hydrogens is 480 g/mol. The number of anilines is 1. The number of thiazole rings is 1. The summed E-state index contributed by atoms with van der Waals surface area (Å²) in [5, 5.41) is 1.90. The number of hydrogen-bond donors (Lipinski definition) is 0. The van der Waals surface area contributed by atoms with Gasteiger partial charge in [-0.15, -0.1) is 22.9 Å². The molecule has 1 aliphatic heterocycles. The highest BCUT2D eigenvalue weighted by Crippen LogP contribution is 2.36. The number of sulfone groups is 1. The van der Waals surface area contributed by atoms with Gasteiger partial charge >= 0.3 is 0 Å². The van der Waals surface area contributed by atoms with Crippen molar-refractivity contribution in [3.05, 3.63) is 59.1 Å². The van der Waals surface area contributed by atoms with E-state index in [2.05, 4.69) is 10.3 Å². The number of alkyl halides is 1. The minimum atomic E-state index is -3.38. The highest BCUT2D eigenvalue weighted by molar-refractivity contribution is 7.93. The highest BCUT2D eigenvalue weighted by atomic mass is 35.5. The van der Waals surface area contributed by atoms with Gasteiger partial charge in [0.25, 0.3) is 0 Å². The van der Waals surface area contributed by atoms with Gasteiger partial charge in [0.2, 0.25) is 0 Å². The van der Waals surface area contributed by atoms with Crippen LogP contribution in [0.3, 0.4) is 0 Å². The quantitative estimate of drug-likeness (QED) is 0.508. The maximum atomic E-state index is 13.3. The molecule has 2 atom stereocenters. The number of halogens is 1. The van der Waals surface area contributed by atoms with Crippen LogP contribution in [0.25, 0.3) is 0 Å². The SMILES string of the molecule is COc1cc(Cc2csc(N3CCC(S(=O)(=O)C4C=CC=CC4(C)Cl)CC3)n2)cc(OC)c1. The predicted octanol–water partition coefficient (Wildman–Crippen LogP) is 4.63. The summed E-state index contributed by atoms with van der Waals surface area (Å²) in [6.07, 6.45) is 8.89. The van der Waals surface area contributed by atoms with Gasteiger partial charge in [-0.05, 0) is 37.5 Å². The Bertz CT molecular complexity index is 1130. The average Bonchev–Trinajstić information content (AvgIpc) is 3.26. The lowest BCUT2D eigenvalue weighted by atomic mass is 10.0. The van der Waals surface area contributed by atoms with Gasteiger partial charge < -0.3 is 14.4 Å². The second-order valence-electron chi connectivity index (χ2n) is 8.61. The zero-order valence-electron chi connectivity index (χ0n) is 19.0. The average molecular weight is 509 g/mol. The molecule has 2 heterocycles. The minimum absolute atomic E-state index is 0.392. The fourth-order valence-corrected chi connectivity index (χ4v) is 8.12. The Morgan fingerprint density at radius 2 is 1.82 bits per heavy atom. The molecule has 0 N–H and O–H groups in total. The normalized spacial score (nSPS) is 23.6. The maximum Gasteiger partial charge on any atom is 0.185 e. The molecule has 0 radical (unpaired) electrons. The van der Waals surface area contributed by atoms with Crippen molar-refractivity contribution in [2.24, 2.45) is 0 Å².